The average molecular weight is 150 g/mol. The van der Waals surface area contributed by atoms with Crippen molar-refractivity contribution in [1.29, 1.82) is 0 Å². The highest BCUT2D eigenvalue weighted by molar-refractivity contribution is 5.11. The van der Waals surface area contributed by atoms with Gasteiger partial charge in [0, 0.05) is 0 Å². The van der Waals surface area contributed by atoms with Crippen molar-refractivity contribution in [1.82, 2.24) is 0 Å². The van der Waals surface area contributed by atoms with Gasteiger partial charge >= 0.3 is 0 Å². The van der Waals surface area contributed by atoms with E-state index in [2.05, 4.69) is 24.3 Å². The van der Waals surface area contributed by atoms with E-state index in [1.54, 1.807) is 0 Å². The average Bonchev–Trinajstić information content (AvgIpc) is 2.03. The van der Waals surface area contributed by atoms with Crippen LogP contribution < -0.4 is 0 Å². The van der Waals surface area contributed by atoms with Gasteiger partial charge in [0.1, 0.15) is 0 Å². The maximum absolute atomic E-state index is 10.1. The lowest BCUT2D eigenvalue weighted by atomic mass is 9.72. The van der Waals surface area contributed by atoms with Crippen molar-refractivity contribution in [2.24, 2.45) is 5.92 Å². The Morgan fingerprint density at radius 2 is 1.55 bits per heavy atom. The second kappa shape index (κ2) is 2.49. The van der Waals surface area contributed by atoms with Crippen molar-refractivity contribution in [2.45, 2.75) is 31.3 Å². The van der Waals surface area contributed by atoms with Gasteiger partial charge in [0.05, 0.1) is 5.60 Å². The smallest absolute Gasteiger partial charge is 0.0750 e. The fraction of sp³-hybridized carbons (Fsp3) is 0.600. The minimum atomic E-state index is -0.399. The molecule has 1 nitrogen and oxygen atoms in total. The number of aliphatic hydroxyl groups is 1. The van der Waals surface area contributed by atoms with Crippen LogP contribution in [0.4, 0.5) is 0 Å². The summed E-state index contributed by atoms with van der Waals surface area (Å²) >= 11 is 0. The van der Waals surface area contributed by atoms with Gasteiger partial charge in [0.2, 0.25) is 0 Å². The molecule has 0 unspecified atom stereocenters. The van der Waals surface area contributed by atoms with Crippen LogP contribution in [0.2, 0.25) is 0 Å². The van der Waals surface area contributed by atoms with Gasteiger partial charge in [-0.05, 0) is 31.6 Å². The molecule has 11 heavy (non-hydrogen) atoms. The van der Waals surface area contributed by atoms with Gasteiger partial charge in [-0.25, -0.2) is 0 Å². The molecule has 0 amide bonds. The van der Waals surface area contributed by atoms with Gasteiger partial charge in [-0.15, -0.1) is 0 Å². The highest BCUT2D eigenvalue weighted by Crippen LogP contribution is 2.38. The van der Waals surface area contributed by atoms with E-state index in [4.69, 9.17) is 0 Å². The van der Waals surface area contributed by atoms with E-state index in [0.717, 1.165) is 25.7 Å². The summed E-state index contributed by atoms with van der Waals surface area (Å²) in [4.78, 5) is 0. The van der Waals surface area contributed by atoms with Gasteiger partial charge in [-0.3, -0.25) is 0 Å². The normalized spacial score (nSPS) is 42.1. The van der Waals surface area contributed by atoms with Crippen LogP contribution in [-0.2, 0) is 0 Å². The molecule has 0 fully saturated rings. The number of allylic oxidation sites excluding steroid dienone is 2. The highest BCUT2D eigenvalue weighted by Gasteiger charge is 2.36. The van der Waals surface area contributed by atoms with Crippen molar-refractivity contribution in [2.75, 3.05) is 0 Å². The molecule has 0 aliphatic heterocycles. The molecule has 0 atom stereocenters. The van der Waals surface area contributed by atoms with Gasteiger partial charge in [-0.1, -0.05) is 24.3 Å². The molecule has 0 aromatic rings. The summed E-state index contributed by atoms with van der Waals surface area (Å²) in [5, 5.41) is 10.1. The highest BCUT2D eigenvalue weighted by atomic mass is 16.3. The predicted molar refractivity (Wildman–Crippen MR) is 45.2 cm³/mol. The number of hydrogen-bond donors (Lipinski definition) is 1. The third-order valence-electron chi connectivity index (χ3n) is 2.88. The van der Waals surface area contributed by atoms with Gasteiger partial charge in [-0.2, -0.15) is 0 Å². The third-order valence-corrected chi connectivity index (χ3v) is 2.88. The number of rotatable bonds is 0. The first kappa shape index (κ1) is 7.11. The molecular formula is C10H14O. The van der Waals surface area contributed by atoms with E-state index < -0.39 is 5.60 Å². The van der Waals surface area contributed by atoms with Crippen molar-refractivity contribution < 1.29 is 5.11 Å². The molecule has 2 aliphatic rings. The van der Waals surface area contributed by atoms with Crippen molar-refractivity contribution in [3.63, 3.8) is 0 Å². The summed E-state index contributed by atoms with van der Waals surface area (Å²) in [7, 11) is 0. The van der Waals surface area contributed by atoms with Crippen LogP contribution in [-0.4, -0.2) is 10.7 Å². The molecule has 2 rings (SSSR count). The quantitative estimate of drug-likeness (QED) is 0.524. The zero-order chi connectivity index (χ0) is 7.73. The van der Waals surface area contributed by atoms with Crippen LogP contribution >= 0.6 is 0 Å². The fourth-order valence-corrected chi connectivity index (χ4v) is 2.05. The van der Waals surface area contributed by atoms with Crippen molar-refractivity contribution in [3.05, 3.63) is 24.3 Å². The van der Waals surface area contributed by atoms with Crippen LogP contribution in [0.25, 0.3) is 0 Å². The third kappa shape index (κ3) is 1.14. The lowest BCUT2D eigenvalue weighted by Crippen LogP contribution is -2.39. The SMILES string of the molecule is OC12CC=CCC1CC=CC2. The van der Waals surface area contributed by atoms with E-state index in [-0.39, 0.29) is 0 Å². The molecule has 60 valence electrons. The molecule has 0 saturated heterocycles. The molecule has 1 heteroatoms. The van der Waals surface area contributed by atoms with Gasteiger partial charge < -0.3 is 5.11 Å². The Bertz CT molecular complexity index is 185. The fourth-order valence-electron chi connectivity index (χ4n) is 2.05. The molecule has 0 radical (unpaired) electrons. The lowest BCUT2D eigenvalue weighted by Gasteiger charge is -2.38. The zero-order valence-electron chi connectivity index (χ0n) is 6.66. The first-order valence-electron chi connectivity index (χ1n) is 4.34. The Morgan fingerprint density at radius 1 is 1.00 bits per heavy atom. The maximum Gasteiger partial charge on any atom is 0.0750 e. The summed E-state index contributed by atoms with van der Waals surface area (Å²) < 4.78 is 0. The topological polar surface area (TPSA) is 20.2 Å². The van der Waals surface area contributed by atoms with Gasteiger partial charge in [0.15, 0.2) is 0 Å². The first-order chi connectivity index (χ1) is 5.31. The first-order valence-corrected chi connectivity index (χ1v) is 4.34. The Balaban J connectivity index is 2.22. The second-order valence-corrected chi connectivity index (χ2v) is 3.62. The van der Waals surface area contributed by atoms with Crippen LogP contribution in [0, 0.1) is 5.92 Å². The van der Waals surface area contributed by atoms with E-state index in [1.165, 1.54) is 0 Å². The standard InChI is InChI=1S/C10H14O/c11-10-7-3-1-5-9(10)6-2-4-8-10/h1-4,9,11H,5-8H2. The van der Waals surface area contributed by atoms with E-state index in [0.29, 0.717) is 5.92 Å². The summed E-state index contributed by atoms with van der Waals surface area (Å²) in [6.45, 7) is 0. The monoisotopic (exact) mass is 150 g/mol. The Morgan fingerprint density at radius 3 is 2.00 bits per heavy atom. The van der Waals surface area contributed by atoms with Gasteiger partial charge in [0.25, 0.3) is 0 Å². The Kier molecular flexibility index (Phi) is 1.61. The van der Waals surface area contributed by atoms with Crippen molar-refractivity contribution >= 4 is 0 Å². The maximum atomic E-state index is 10.1. The van der Waals surface area contributed by atoms with E-state index >= 15 is 0 Å². The molecule has 0 spiro atoms. The molecule has 0 saturated carbocycles. The summed E-state index contributed by atoms with van der Waals surface area (Å²) in [5.41, 5.74) is -0.399. The molecule has 2 aliphatic carbocycles. The Hall–Kier alpha value is -0.560. The molecule has 0 aromatic carbocycles. The van der Waals surface area contributed by atoms with Crippen molar-refractivity contribution in [3.8, 4) is 0 Å². The predicted octanol–water partition coefficient (Wildman–Crippen LogP) is 2.03. The minimum absolute atomic E-state index is 0.399. The Labute approximate surface area is 67.4 Å². The molecule has 0 heterocycles. The van der Waals surface area contributed by atoms with E-state index in [1.807, 2.05) is 0 Å². The summed E-state index contributed by atoms with van der Waals surface area (Å²) in [5.74, 6) is 0.484. The summed E-state index contributed by atoms with van der Waals surface area (Å²) in [6.07, 6.45) is 12.4. The minimum Gasteiger partial charge on any atom is -0.389 e. The van der Waals surface area contributed by atoms with Crippen LogP contribution in [0.15, 0.2) is 24.3 Å². The zero-order valence-corrected chi connectivity index (χ0v) is 6.66. The lowest BCUT2D eigenvalue weighted by molar-refractivity contribution is -0.0206. The van der Waals surface area contributed by atoms with Crippen LogP contribution in [0.1, 0.15) is 25.7 Å². The van der Waals surface area contributed by atoms with Crippen LogP contribution in [0.5, 0.6) is 0 Å². The summed E-state index contributed by atoms with van der Waals surface area (Å²) in [6, 6.07) is 0. The second-order valence-electron chi connectivity index (χ2n) is 3.62. The molecular weight excluding hydrogens is 136 g/mol. The van der Waals surface area contributed by atoms with E-state index in [9.17, 15) is 5.11 Å². The molecule has 0 aromatic heterocycles. The molecule has 0 bridgehead atoms. The largest absolute Gasteiger partial charge is 0.389 e. The number of hydrogen-bond acceptors (Lipinski definition) is 1. The number of fused-ring (bicyclic) bond motifs is 1. The molecule has 1 N–H and O–H groups in total. The van der Waals surface area contributed by atoms with Crippen LogP contribution in [0.3, 0.4) is 0 Å².